The summed E-state index contributed by atoms with van der Waals surface area (Å²) in [6, 6.07) is 9.57. The Hall–Kier alpha value is -1.24. The van der Waals surface area contributed by atoms with Gasteiger partial charge in [-0.3, -0.25) is 4.79 Å². The van der Waals surface area contributed by atoms with E-state index in [-0.39, 0.29) is 15.5 Å². The van der Waals surface area contributed by atoms with Gasteiger partial charge in [0.25, 0.3) is 0 Å². The van der Waals surface area contributed by atoms with E-state index in [2.05, 4.69) is 15.9 Å². The summed E-state index contributed by atoms with van der Waals surface area (Å²) in [4.78, 5) is 11.9. The van der Waals surface area contributed by atoms with Crippen LogP contribution in [0.3, 0.4) is 0 Å². The van der Waals surface area contributed by atoms with E-state index >= 15 is 0 Å². The summed E-state index contributed by atoms with van der Waals surface area (Å²) in [6.45, 7) is 0. The Morgan fingerprint density at radius 1 is 1.19 bits per heavy atom. The van der Waals surface area contributed by atoms with E-state index < -0.39 is 27.2 Å². The summed E-state index contributed by atoms with van der Waals surface area (Å²) < 4.78 is 37.9. The highest BCUT2D eigenvalue weighted by molar-refractivity contribution is 9.10. The molecule has 3 nitrogen and oxygen atoms in total. The van der Waals surface area contributed by atoms with Crippen LogP contribution in [-0.2, 0) is 9.84 Å². The first-order chi connectivity index (χ1) is 9.81. The molecule has 21 heavy (non-hydrogen) atoms. The van der Waals surface area contributed by atoms with E-state index in [4.69, 9.17) is 11.6 Å². The minimum Gasteiger partial charge on any atom is -0.293 e. The first-order valence-electron chi connectivity index (χ1n) is 5.77. The number of benzene rings is 2. The molecule has 0 saturated heterocycles. The van der Waals surface area contributed by atoms with Gasteiger partial charge in [0.1, 0.15) is 11.6 Å². The lowest BCUT2D eigenvalue weighted by molar-refractivity contribution is 0.102. The zero-order chi connectivity index (χ0) is 15.6. The number of halogens is 3. The summed E-state index contributed by atoms with van der Waals surface area (Å²) in [7, 11) is -3.89. The molecular formula is C14H9BrClFO3S. The van der Waals surface area contributed by atoms with E-state index in [1.165, 1.54) is 6.07 Å². The molecule has 0 atom stereocenters. The fourth-order valence-electron chi connectivity index (χ4n) is 1.69. The molecule has 0 amide bonds. The van der Waals surface area contributed by atoms with Gasteiger partial charge in [-0.15, -0.1) is 0 Å². The Kier molecular flexibility index (Phi) is 4.81. The average molecular weight is 392 g/mol. The van der Waals surface area contributed by atoms with Gasteiger partial charge in [-0.05, 0) is 24.3 Å². The molecule has 2 rings (SSSR count). The second-order valence-corrected chi connectivity index (χ2v) is 7.49. The highest BCUT2D eigenvalue weighted by Crippen LogP contribution is 2.22. The number of hydrogen-bond acceptors (Lipinski definition) is 3. The quantitative estimate of drug-likeness (QED) is 0.587. The van der Waals surface area contributed by atoms with Crippen LogP contribution in [0.2, 0.25) is 5.02 Å². The van der Waals surface area contributed by atoms with Crippen LogP contribution in [0.4, 0.5) is 4.39 Å². The monoisotopic (exact) mass is 390 g/mol. The molecule has 0 unspecified atom stereocenters. The maximum atomic E-state index is 13.1. The van der Waals surface area contributed by atoms with E-state index in [0.717, 1.165) is 18.2 Å². The van der Waals surface area contributed by atoms with Gasteiger partial charge in [0, 0.05) is 10.0 Å². The molecule has 0 aliphatic heterocycles. The Bertz CT molecular complexity index is 806. The number of sulfone groups is 1. The Morgan fingerprint density at radius 3 is 2.48 bits per heavy atom. The number of rotatable bonds is 4. The molecule has 0 fully saturated rings. The van der Waals surface area contributed by atoms with Crippen molar-refractivity contribution in [1.29, 1.82) is 0 Å². The summed E-state index contributed by atoms with van der Waals surface area (Å²) in [6.07, 6.45) is 0. The molecule has 110 valence electrons. The van der Waals surface area contributed by atoms with Crippen LogP contribution < -0.4 is 0 Å². The number of Topliss-reactive ketones (excluding diaryl/α,β-unsaturated/α-hetero) is 1. The molecule has 0 radical (unpaired) electrons. The molecule has 0 aliphatic rings. The standard InChI is InChI=1S/C14H9BrClFO3S/c15-11-4-2-1-3-10(11)14(18)8-21(19,20)9-5-6-13(17)12(16)7-9/h1-7H,8H2. The van der Waals surface area contributed by atoms with Crippen molar-refractivity contribution in [1.82, 2.24) is 0 Å². The van der Waals surface area contributed by atoms with Gasteiger partial charge in [0.05, 0.1) is 9.92 Å². The maximum Gasteiger partial charge on any atom is 0.185 e. The summed E-state index contributed by atoms with van der Waals surface area (Å²) in [5.74, 6) is -1.98. The van der Waals surface area contributed by atoms with E-state index in [1.807, 2.05) is 0 Å². The Balaban J connectivity index is 2.31. The Labute approximate surface area is 134 Å². The topological polar surface area (TPSA) is 51.2 Å². The first-order valence-corrected chi connectivity index (χ1v) is 8.59. The number of carbonyl (C=O) groups excluding carboxylic acids is 1. The van der Waals surface area contributed by atoms with Crippen molar-refractivity contribution in [2.24, 2.45) is 0 Å². The van der Waals surface area contributed by atoms with E-state index in [9.17, 15) is 17.6 Å². The van der Waals surface area contributed by atoms with E-state index in [1.54, 1.807) is 18.2 Å². The van der Waals surface area contributed by atoms with Crippen LogP contribution >= 0.6 is 27.5 Å². The third-order valence-electron chi connectivity index (χ3n) is 2.75. The van der Waals surface area contributed by atoms with Crippen LogP contribution in [0, 0.1) is 5.82 Å². The molecule has 0 spiro atoms. The van der Waals surface area contributed by atoms with Gasteiger partial charge >= 0.3 is 0 Å². The normalized spacial score (nSPS) is 11.4. The second-order valence-electron chi connectivity index (χ2n) is 4.24. The SMILES string of the molecule is O=C(CS(=O)(=O)c1ccc(F)c(Cl)c1)c1ccccc1Br. The van der Waals surface area contributed by atoms with Crippen LogP contribution in [0.1, 0.15) is 10.4 Å². The third kappa shape index (κ3) is 3.70. The van der Waals surface area contributed by atoms with Crippen molar-refractivity contribution >= 4 is 43.2 Å². The molecule has 0 N–H and O–H groups in total. The van der Waals surface area contributed by atoms with E-state index in [0.29, 0.717) is 4.47 Å². The fourth-order valence-corrected chi connectivity index (χ4v) is 3.68. The molecular weight excluding hydrogens is 383 g/mol. The van der Waals surface area contributed by atoms with Crippen molar-refractivity contribution in [3.05, 3.63) is 63.3 Å². The summed E-state index contributed by atoms with van der Waals surface area (Å²) >= 11 is 8.76. The van der Waals surface area contributed by atoms with Crippen molar-refractivity contribution in [3.8, 4) is 0 Å². The number of carbonyl (C=O) groups is 1. The predicted molar refractivity (Wildman–Crippen MR) is 81.9 cm³/mol. The van der Waals surface area contributed by atoms with Gasteiger partial charge in [-0.1, -0.05) is 45.7 Å². The molecule has 7 heteroatoms. The van der Waals surface area contributed by atoms with Gasteiger partial charge < -0.3 is 0 Å². The molecule has 0 aliphatic carbocycles. The van der Waals surface area contributed by atoms with Crippen molar-refractivity contribution in [3.63, 3.8) is 0 Å². The lowest BCUT2D eigenvalue weighted by atomic mass is 10.1. The smallest absolute Gasteiger partial charge is 0.185 e. The molecule has 0 aromatic heterocycles. The van der Waals surface area contributed by atoms with Crippen molar-refractivity contribution in [2.45, 2.75) is 4.90 Å². The van der Waals surface area contributed by atoms with Crippen LogP contribution in [-0.4, -0.2) is 20.0 Å². The van der Waals surface area contributed by atoms with Gasteiger partial charge in [0.15, 0.2) is 15.6 Å². The molecule has 0 heterocycles. The average Bonchev–Trinajstić information content (AvgIpc) is 2.41. The zero-order valence-electron chi connectivity index (χ0n) is 10.5. The first kappa shape index (κ1) is 16.1. The maximum absolute atomic E-state index is 13.1. The van der Waals surface area contributed by atoms with Crippen LogP contribution in [0.25, 0.3) is 0 Å². The summed E-state index contributed by atoms with van der Waals surface area (Å²) in [5, 5.41) is -0.301. The molecule has 2 aromatic rings. The van der Waals surface area contributed by atoms with Crippen molar-refractivity contribution in [2.75, 3.05) is 5.75 Å². The van der Waals surface area contributed by atoms with Crippen LogP contribution in [0.5, 0.6) is 0 Å². The minimum atomic E-state index is -3.89. The van der Waals surface area contributed by atoms with Crippen LogP contribution in [0.15, 0.2) is 51.8 Å². The molecule has 0 bridgehead atoms. The summed E-state index contributed by atoms with van der Waals surface area (Å²) in [5.41, 5.74) is 0.272. The minimum absolute atomic E-state index is 0.186. The lowest BCUT2D eigenvalue weighted by Gasteiger charge is -2.06. The second kappa shape index (κ2) is 6.25. The third-order valence-corrected chi connectivity index (χ3v) is 5.34. The zero-order valence-corrected chi connectivity index (χ0v) is 13.7. The highest BCUT2D eigenvalue weighted by Gasteiger charge is 2.22. The number of hydrogen-bond donors (Lipinski definition) is 0. The highest BCUT2D eigenvalue weighted by atomic mass is 79.9. The Morgan fingerprint density at radius 2 is 1.86 bits per heavy atom. The largest absolute Gasteiger partial charge is 0.293 e. The van der Waals surface area contributed by atoms with Gasteiger partial charge in [-0.2, -0.15) is 0 Å². The van der Waals surface area contributed by atoms with Gasteiger partial charge in [0.2, 0.25) is 0 Å². The fraction of sp³-hybridized carbons (Fsp3) is 0.0714. The molecule has 2 aromatic carbocycles. The number of ketones is 1. The van der Waals surface area contributed by atoms with Gasteiger partial charge in [-0.25, -0.2) is 12.8 Å². The lowest BCUT2D eigenvalue weighted by Crippen LogP contribution is -2.17. The van der Waals surface area contributed by atoms with Crippen molar-refractivity contribution < 1.29 is 17.6 Å². The predicted octanol–water partition coefficient (Wildman–Crippen LogP) is 3.90. The molecule has 0 saturated carbocycles.